The zero-order chi connectivity index (χ0) is 19.2. The van der Waals surface area contributed by atoms with Gasteiger partial charge in [0.15, 0.2) is 0 Å². The number of nitrogens with zero attached hydrogens (tertiary/aromatic N) is 3. The molecule has 0 radical (unpaired) electrons. The summed E-state index contributed by atoms with van der Waals surface area (Å²) in [5.74, 6) is -0.463. The highest BCUT2D eigenvalue weighted by Crippen LogP contribution is 2.27. The molecule has 3 rings (SSSR count). The van der Waals surface area contributed by atoms with Crippen LogP contribution in [0.25, 0.3) is 23.0 Å². The van der Waals surface area contributed by atoms with Crippen LogP contribution in [0, 0.1) is 10.1 Å². The van der Waals surface area contributed by atoms with Crippen LogP contribution >= 0.6 is 0 Å². The van der Waals surface area contributed by atoms with E-state index in [2.05, 4.69) is 5.10 Å². The normalized spacial score (nSPS) is 10.9. The smallest absolute Gasteiger partial charge is 0.330 e. The van der Waals surface area contributed by atoms with Crippen LogP contribution in [0.2, 0.25) is 0 Å². The van der Waals surface area contributed by atoms with Gasteiger partial charge in [-0.05, 0) is 25.1 Å². The zero-order valence-electron chi connectivity index (χ0n) is 14.6. The Morgan fingerprint density at radius 2 is 2.00 bits per heavy atom. The van der Waals surface area contributed by atoms with Crippen molar-refractivity contribution in [2.75, 3.05) is 6.61 Å². The third-order valence-corrected chi connectivity index (χ3v) is 3.78. The highest BCUT2D eigenvalue weighted by Gasteiger charge is 2.14. The van der Waals surface area contributed by atoms with Crippen LogP contribution in [0.4, 0.5) is 5.69 Å². The van der Waals surface area contributed by atoms with E-state index in [0.717, 1.165) is 5.69 Å². The molecule has 0 atom stereocenters. The summed E-state index contributed by atoms with van der Waals surface area (Å²) in [5, 5.41) is 15.7. The number of hydrogen-bond acceptors (Lipinski definition) is 5. The Labute approximate surface area is 155 Å². The molecule has 2 aromatic carbocycles. The first-order chi connectivity index (χ1) is 13.1. The van der Waals surface area contributed by atoms with Crippen LogP contribution in [0.15, 0.2) is 66.9 Å². The summed E-state index contributed by atoms with van der Waals surface area (Å²) in [6.45, 7) is 2.01. The molecule has 1 aromatic heterocycles. The van der Waals surface area contributed by atoms with Gasteiger partial charge in [0.05, 0.1) is 17.2 Å². The number of aromatic nitrogens is 2. The quantitative estimate of drug-likeness (QED) is 0.286. The molecule has 0 aliphatic carbocycles. The van der Waals surface area contributed by atoms with E-state index in [9.17, 15) is 14.9 Å². The lowest BCUT2D eigenvalue weighted by Crippen LogP contribution is -1.98. The van der Waals surface area contributed by atoms with Crippen LogP contribution in [-0.2, 0) is 9.53 Å². The Bertz CT molecular complexity index is 993. The summed E-state index contributed by atoms with van der Waals surface area (Å²) in [6, 6.07) is 15.7. The highest BCUT2D eigenvalue weighted by molar-refractivity contribution is 5.88. The molecule has 1 heterocycles. The van der Waals surface area contributed by atoms with Crippen LogP contribution in [-0.4, -0.2) is 27.3 Å². The van der Waals surface area contributed by atoms with Crippen LogP contribution in [0.1, 0.15) is 12.5 Å². The maximum absolute atomic E-state index is 11.7. The van der Waals surface area contributed by atoms with Gasteiger partial charge in [0, 0.05) is 35.5 Å². The number of rotatable bonds is 6. The molecule has 0 saturated heterocycles. The molecular weight excluding hydrogens is 346 g/mol. The Morgan fingerprint density at radius 3 is 2.70 bits per heavy atom. The molecule has 0 aliphatic heterocycles. The van der Waals surface area contributed by atoms with Gasteiger partial charge < -0.3 is 4.74 Å². The molecule has 136 valence electrons. The lowest BCUT2D eigenvalue weighted by Gasteiger charge is -2.01. The fraction of sp³-hybridized carbons (Fsp3) is 0.100. The molecule has 0 spiro atoms. The van der Waals surface area contributed by atoms with E-state index in [1.165, 1.54) is 18.2 Å². The fourth-order valence-corrected chi connectivity index (χ4v) is 2.56. The number of carbonyl (C=O) groups excluding carboxylic acids is 1. The fourth-order valence-electron chi connectivity index (χ4n) is 2.56. The van der Waals surface area contributed by atoms with Crippen molar-refractivity contribution >= 4 is 17.7 Å². The summed E-state index contributed by atoms with van der Waals surface area (Å²) in [6.07, 6.45) is 4.68. The summed E-state index contributed by atoms with van der Waals surface area (Å²) < 4.78 is 6.57. The Balaban J connectivity index is 2.07. The number of ether oxygens (including phenoxy) is 1. The summed E-state index contributed by atoms with van der Waals surface area (Å²) in [7, 11) is 0. The molecular formula is C20H17N3O4. The summed E-state index contributed by atoms with van der Waals surface area (Å²) in [5.41, 5.74) is 2.57. The lowest BCUT2D eigenvalue weighted by atomic mass is 10.1. The minimum atomic E-state index is -0.463. The van der Waals surface area contributed by atoms with E-state index >= 15 is 0 Å². The van der Waals surface area contributed by atoms with Crippen LogP contribution < -0.4 is 0 Å². The lowest BCUT2D eigenvalue weighted by molar-refractivity contribution is -0.384. The summed E-state index contributed by atoms with van der Waals surface area (Å²) >= 11 is 0. The van der Waals surface area contributed by atoms with E-state index in [-0.39, 0.29) is 12.3 Å². The molecule has 0 bridgehead atoms. The van der Waals surface area contributed by atoms with Crippen molar-refractivity contribution in [3.8, 4) is 16.9 Å². The van der Waals surface area contributed by atoms with Crippen molar-refractivity contribution in [3.05, 3.63) is 82.5 Å². The van der Waals surface area contributed by atoms with Gasteiger partial charge >= 0.3 is 5.97 Å². The number of esters is 1. The first kappa shape index (κ1) is 18.1. The van der Waals surface area contributed by atoms with Gasteiger partial charge in [-0.2, -0.15) is 5.10 Å². The minimum Gasteiger partial charge on any atom is -0.463 e. The maximum atomic E-state index is 11.7. The van der Waals surface area contributed by atoms with E-state index in [1.54, 1.807) is 36.0 Å². The predicted octanol–water partition coefficient (Wildman–Crippen LogP) is 4.02. The van der Waals surface area contributed by atoms with Gasteiger partial charge in [-0.1, -0.05) is 30.3 Å². The molecule has 0 fully saturated rings. The van der Waals surface area contributed by atoms with Crippen LogP contribution in [0.3, 0.4) is 0 Å². The van der Waals surface area contributed by atoms with E-state index in [0.29, 0.717) is 16.8 Å². The predicted molar refractivity (Wildman–Crippen MR) is 101 cm³/mol. The van der Waals surface area contributed by atoms with Gasteiger partial charge in [-0.25, -0.2) is 9.48 Å². The zero-order valence-corrected chi connectivity index (χ0v) is 14.6. The van der Waals surface area contributed by atoms with Gasteiger partial charge in [0.1, 0.15) is 5.69 Å². The number of carbonyl (C=O) groups is 1. The van der Waals surface area contributed by atoms with E-state index in [4.69, 9.17) is 4.74 Å². The summed E-state index contributed by atoms with van der Waals surface area (Å²) in [4.78, 5) is 22.3. The minimum absolute atomic E-state index is 0.0258. The Kier molecular flexibility index (Phi) is 5.41. The average Bonchev–Trinajstić information content (AvgIpc) is 3.12. The van der Waals surface area contributed by atoms with E-state index in [1.807, 2.05) is 30.3 Å². The maximum Gasteiger partial charge on any atom is 0.330 e. The topological polar surface area (TPSA) is 87.3 Å². The second-order valence-electron chi connectivity index (χ2n) is 5.61. The molecule has 0 aliphatic rings. The van der Waals surface area contributed by atoms with Crippen molar-refractivity contribution in [2.45, 2.75) is 6.92 Å². The van der Waals surface area contributed by atoms with Gasteiger partial charge in [0.2, 0.25) is 0 Å². The molecule has 3 aromatic rings. The third-order valence-electron chi connectivity index (χ3n) is 3.78. The van der Waals surface area contributed by atoms with Gasteiger partial charge in [0.25, 0.3) is 5.69 Å². The first-order valence-electron chi connectivity index (χ1n) is 8.33. The van der Waals surface area contributed by atoms with Crippen molar-refractivity contribution in [3.63, 3.8) is 0 Å². The number of hydrogen-bond donors (Lipinski definition) is 0. The second kappa shape index (κ2) is 8.09. The number of nitro groups is 1. The van der Waals surface area contributed by atoms with Crippen molar-refractivity contribution in [1.82, 2.24) is 9.78 Å². The van der Waals surface area contributed by atoms with Crippen molar-refractivity contribution < 1.29 is 14.5 Å². The SMILES string of the molecule is CCOC(=O)C=Cc1cn(-c2ccccc2)nc1-c1cccc([N+](=O)[O-])c1. The Hall–Kier alpha value is -3.74. The molecule has 0 saturated carbocycles. The third kappa shape index (κ3) is 4.27. The number of non-ortho nitro benzene ring substituents is 1. The monoisotopic (exact) mass is 363 g/mol. The standard InChI is InChI=1S/C20H17N3O4/c1-2-27-19(24)12-11-16-14-22(17-8-4-3-5-9-17)21-20(16)15-7-6-10-18(13-15)23(25)26/h3-14H,2H2,1H3. The number of para-hydroxylation sites is 1. The largest absolute Gasteiger partial charge is 0.463 e. The van der Waals surface area contributed by atoms with E-state index < -0.39 is 10.9 Å². The average molecular weight is 363 g/mol. The highest BCUT2D eigenvalue weighted by atomic mass is 16.6. The van der Waals surface area contributed by atoms with Crippen molar-refractivity contribution in [2.24, 2.45) is 0 Å². The molecule has 0 unspecified atom stereocenters. The Morgan fingerprint density at radius 1 is 1.22 bits per heavy atom. The van der Waals surface area contributed by atoms with Gasteiger partial charge in [-0.15, -0.1) is 0 Å². The first-order valence-corrected chi connectivity index (χ1v) is 8.33. The van der Waals surface area contributed by atoms with Crippen LogP contribution in [0.5, 0.6) is 0 Å². The second-order valence-corrected chi connectivity index (χ2v) is 5.61. The number of benzene rings is 2. The molecule has 0 N–H and O–H groups in total. The molecule has 0 amide bonds. The van der Waals surface area contributed by atoms with Gasteiger partial charge in [-0.3, -0.25) is 10.1 Å². The number of nitro benzene ring substituents is 1. The molecule has 7 nitrogen and oxygen atoms in total. The molecule has 7 heteroatoms. The van der Waals surface area contributed by atoms with Crippen molar-refractivity contribution in [1.29, 1.82) is 0 Å². The molecule has 27 heavy (non-hydrogen) atoms.